The van der Waals surface area contributed by atoms with Crippen LogP contribution in [0.5, 0.6) is 0 Å². The quantitative estimate of drug-likeness (QED) is 0.379. The molecule has 1 N–H and O–H groups in total. The number of carbonyl (C=O) groups excluding carboxylic acids is 1. The SMILES string of the molecule is Cc1ccc(Sc2ccc(/C=C(\C#N)C(=O)Nc3sc4c(c3C#N)CCCC4)o2)cc1. The molecule has 1 aromatic carbocycles. The van der Waals surface area contributed by atoms with Gasteiger partial charge in [-0.25, -0.2) is 0 Å². The van der Waals surface area contributed by atoms with Gasteiger partial charge in [0.05, 0.1) is 5.56 Å². The van der Waals surface area contributed by atoms with E-state index in [4.69, 9.17) is 4.42 Å². The lowest BCUT2D eigenvalue weighted by Gasteiger charge is -2.09. The van der Waals surface area contributed by atoms with Gasteiger partial charge in [-0.05, 0) is 62.4 Å². The van der Waals surface area contributed by atoms with Gasteiger partial charge in [0.15, 0.2) is 5.09 Å². The van der Waals surface area contributed by atoms with E-state index in [0.717, 1.165) is 41.0 Å². The highest BCUT2D eigenvalue weighted by Gasteiger charge is 2.22. The molecule has 154 valence electrons. The van der Waals surface area contributed by atoms with E-state index in [2.05, 4.69) is 11.4 Å². The fourth-order valence-electron chi connectivity index (χ4n) is 3.42. The summed E-state index contributed by atoms with van der Waals surface area (Å²) in [6, 6.07) is 15.8. The standard InChI is InChI=1S/C24H19N3O2S2/c1-15-6-9-18(10-7-15)30-22-11-8-17(29-22)12-16(13-25)23(28)27-24-20(14-26)19-4-2-3-5-21(19)31-24/h6-12H,2-5H2,1H3,(H,27,28)/b16-12+. The van der Waals surface area contributed by atoms with Gasteiger partial charge in [-0.1, -0.05) is 29.5 Å². The molecule has 3 aromatic rings. The van der Waals surface area contributed by atoms with Gasteiger partial charge in [0, 0.05) is 15.8 Å². The lowest BCUT2D eigenvalue weighted by atomic mass is 9.96. The van der Waals surface area contributed by atoms with Gasteiger partial charge in [-0.2, -0.15) is 10.5 Å². The van der Waals surface area contributed by atoms with Crippen molar-refractivity contribution in [2.24, 2.45) is 0 Å². The minimum atomic E-state index is -0.540. The highest BCUT2D eigenvalue weighted by molar-refractivity contribution is 7.99. The molecule has 0 saturated carbocycles. The molecule has 0 saturated heterocycles. The maximum atomic E-state index is 12.7. The Hall–Kier alpha value is -3.26. The highest BCUT2D eigenvalue weighted by atomic mass is 32.2. The van der Waals surface area contributed by atoms with E-state index in [9.17, 15) is 15.3 Å². The predicted molar refractivity (Wildman–Crippen MR) is 122 cm³/mol. The van der Waals surface area contributed by atoms with Crippen LogP contribution >= 0.6 is 23.1 Å². The van der Waals surface area contributed by atoms with Gasteiger partial charge >= 0.3 is 0 Å². The first-order valence-corrected chi connectivity index (χ1v) is 11.5. The Morgan fingerprint density at radius 2 is 1.94 bits per heavy atom. The van der Waals surface area contributed by atoms with Crippen LogP contribution in [-0.2, 0) is 17.6 Å². The van der Waals surface area contributed by atoms with Crippen LogP contribution in [0.25, 0.3) is 6.08 Å². The Labute approximate surface area is 189 Å². The summed E-state index contributed by atoms with van der Waals surface area (Å²) in [7, 11) is 0. The van der Waals surface area contributed by atoms with Crippen LogP contribution in [0.15, 0.2) is 56.4 Å². The third-order valence-electron chi connectivity index (χ3n) is 5.00. The second kappa shape index (κ2) is 9.26. The smallest absolute Gasteiger partial charge is 0.267 e. The number of amides is 1. The molecule has 1 aliphatic carbocycles. The second-order valence-corrected chi connectivity index (χ2v) is 9.41. The van der Waals surface area contributed by atoms with E-state index in [1.807, 2.05) is 43.3 Å². The molecule has 0 bridgehead atoms. The number of benzene rings is 1. The first kappa shape index (κ1) is 21.0. The van der Waals surface area contributed by atoms with Crippen molar-refractivity contribution >= 4 is 40.1 Å². The molecule has 1 aliphatic rings. The number of rotatable bonds is 5. The van der Waals surface area contributed by atoms with Gasteiger partial charge in [0.2, 0.25) is 0 Å². The number of hydrogen-bond donors (Lipinski definition) is 1. The Balaban J connectivity index is 1.50. The number of furan rings is 1. The van der Waals surface area contributed by atoms with Crippen LogP contribution in [0.1, 0.15) is 40.2 Å². The third kappa shape index (κ3) is 4.74. The molecule has 0 fully saturated rings. The van der Waals surface area contributed by atoms with E-state index in [0.29, 0.717) is 21.4 Å². The number of aryl methyl sites for hydroxylation is 2. The van der Waals surface area contributed by atoms with Crippen molar-refractivity contribution < 1.29 is 9.21 Å². The number of nitriles is 2. The van der Waals surface area contributed by atoms with Crippen LogP contribution in [0.4, 0.5) is 5.00 Å². The molecule has 0 unspecified atom stereocenters. The van der Waals surface area contributed by atoms with Crippen molar-refractivity contribution in [3.05, 3.63) is 69.3 Å². The number of nitrogens with zero attached hydrogens (tertiary/aromatic N) is 2. The van der Waals surface area contributed by atoms with Crippen LogP contribution in [0.2, 0.25) is 0 Å². The average Bonchev–Trinajstić information content (AvgIpc) is 3.36. The minimum absolute atomic E-state index is 0.0727. The van der Waals surface area contributed by atoms with Crippen LogP contribution in [-0.4, -0.2) is 5.91 Å². The van der Waals surface area contributed by atoms with Gasteiger partial charge in [-0.15, -0.1) is 11.3 Å². The summed E-state index contributed by atoms with van der Waals surface area (Å²) in [5, 5.41) is 23.0. The Bertz CT molecular complexity index is 1240. The van der Waals surface area contributed by atoms with Gasteiger partial charge < -0.3 is 9.73 Å². The molecule has 0 spiro atoms. The van der Waals surface area contributed by atoms with Crippen LogP contribution in [0, 0.1) is 29.6 Å². The zero-order valence-corrected chi connectivity index (χ0v) is 18.5. The lowest BCUT2D eigenvalue weighted by molar-refractivity contribution is -0.112. The van der Waals surface area contributed by atoms with E-state index < -0.39 is 5.91 Å². The number of thiophene rings is 1. The first-order chi connectivity index (χ1) is 15.1. The topological polar surface area (TPSA) is 89.8 Å². The van der Waals surface area contributed by atoms with Crippen molar-refractivity contribution in [2.45, 2.75) is 42.6 Å². The van der Waals surface area contributed by atoms with Crippen LogP contribution in [0.3, 0.4) is 0 Å². The molecule has 1 amide bonds. The van der Waals surface area contributed by atoms with Crippen molar-refractivity contribution in [2.75, 3.05) is 5.32 Å². The number of carbonyl (C=O) groups is 1. The third-order valence-corrected chi connectivity index (χ3v) is 7.14. The molecule has 7 heteroatoms. The summed E-state index contributed by atoms with van der Waals surface area (Å²) in [6.07, 6.45) is 5.36. The maximum Gasteiger partial charge on any atom is 0.267 e. The fraction of sp³-hybridized carbons (Fsp3) is 0.208. The summed E-state index contributed by atoms with van der Waals surface area (Å²) < 4.78 is 5.77. The highest BCUT2D eigenvalue weighted by Crippen LogP contribution is 2.38. The molecular weight excluding hydrogens is 426 g/mol. The zero-order valence-electron chi connectivity index (χ0n) is 16.9. The normalized spacial score (nSPS) is 13.2. The van der Waals surface area contributed by atoms with Gasteiger partial charge in [0.1, 0.15) is 28.5 Å². The molecular formula is C24H19N3O2S2. The molecule has 0 radical (unpaired) electrons. The summed E-state index contributed by atoms with van der Waals surface area (Å²) in [4.78, 5) is 14.9. The van der Waals surface area contributed by atoms with Crippen molar-refractivity contribution in [1.29, 1.82) is 10.5 Å². The Kier molecular flexibility index (Phi) is 6.27. The zero-order chi connectivity index (χ0) is 21.8. The first-order valence-electron chi connectivity index (χ1n) is 9.89. The predicted octanol–water partition coefficient (Wildman–Crippen LogP) is 6.10. The van der Waals surface area contributed by atoms with E-state index in [1.165, 1.54) is 34.7 Å². The molecule has 0 aliphatic heterocycles. The van der Waals surface area contributed by atoms with E-state index >= 15 is 0 Å². The van der Waals surface area contributed by atoms with E-state index in [1.54, 1.807) is 6.07 Å². The Morgan fingerprint density at radius 1 is 1.16 bits per heavy atom. The van der Waals surface area contributed by atoms with Crippen molar-refractivity contribution in [3.8, 4) is 12.1 Å². The molecule has 5 nitrogen and oxygen atoms in total. The average molecular weight is 446 g/mol. The van der Waals surface area contributed by atoms with Crippen molar-refractivity contribution in [1.82, 2.24) is 0 Å². The van der Waals surface area contributed by atoms with Gasteiger partial charge in [-0.3, -0.25) is 4.79 Å². The summed E-state index contributed by atoms with van der Waals surface area (Å²) in [6.45, 7) is 2.03. The number of nitrogens with one attached hydrogen (secondary N) is 1. The van der Waals surface area contributed by atoms with Crippen LogP contribution < -0.4 is 5.32 Å². The monoisotopic (exact) mass is 445 g/mol. The Morgan fingerprint density at radius 3 is 2.68 bits per heavy atom. The molecule has 2 aromatic heterocycles. The number of anilines is 1. The number of hydrogen-bond acceptors (Lipinski definition) is 6. The molecule has 4 rings (SSSR count). The van der Waals surface area contributed by atoms with Crippen molar-refractivity contribution in [3.63, 3.8) is 0 Å². The molecule has 2 heterocycles. The number of fused-ring (bicyclic) bond motifs is 1. The lowest BCUT2D eigenvalue weighted by Crippen LogP contribution is -2.13. The summed E-state index contributed by atoms with van der Waals surface area (Å²) in [5.74, 6) is -0.117. The largest absolute Gasteiger partial charge is 0.450 e. The summed E-state index contributed by atoms with van der Waals surface area (Å²) in [5.41, 5.74) is 2.68. The van der Waals surface area contributed by atoms with E-state index in [-0.39, 0.29) is 5.57 Å². The minimum Gasteiger partial charge on any atom is -0.450 e. The molecule has 0 atom stereocenters. The van der Waals surface area contributed by atoms with Gasteiger partial charge in [0.25, 0.3) is 5.91 Å². The summed E-state index contributed by atoms with van der Waals surface area (Å²) >= 11 is 2.91. The fourth-order valence-corrected chi connectivity index (χ4v) is 5.44. The maximum absolute atomic E-state index is 12.7. The second-order valence-electron chi connectivity index (χ2n) is 7.22. The molecule has 31 heavy (non-hydrogen) atoms.